The van der Waals surface area contributed by atoms with Gasteiger partial charge in [0.2, 0.25) is 0 Å². The fourth-order valence-electron chi connectivity index (χ4n) is 1.83. The summed E-state index contributed by atoms with van der Waals surface area (Å²) in [4.78, 5) is 10.6. The molecule has 0 bridgehead atoms. The van der Waals surface area contributed by atoms with Gasteiger partial charge in [-0.2, -0.15) is 0 Å². The minimum absolute atomic E-state index is 0.251. The molecule has 2 rings (SSSR count). The number of fused-ring (bicyclic) bond motifs is 1. The third kappa shape index (κ3) is 1.88. The van der Waals surface area contributed by atoms with Crippen LogP contribution < -0.4 is 10.1 Å². The van der Waals surface area contributed by atoms with E-state index in [9.17, 15) is 4.79 Å². The normalized spacial score (nSPS) is 16.7. The largest absolute Gasteiger partial charge is 0.485 e. The number of carboxylic acid groups (broad SMARTS) is 1. The molecule has 1 aliphatic heterocycles. The second-order valence-electron chi connectivity index (χ2n) is 4.26. The van der Waals surface area contributed by atoms with E-state index in [2.05, 4.69) is 5.32 Å². The molecule has 0 fully saturated rings. The first-order chi connectivity index (χ1) is 6.98. The molecule has 1 amide bonds. The molecule has 0 spiro atoms. The van der Waals surface area contributed by atoms with Crippen molar-refractivity contribution in [1.82, 2.24) is 0 Å². The second-order valence-corrected chi connectivity index (χ2v) is 4.26. The van der Waals surface area contributed by atoms with Gasteiger partial charge in [-0.05, 0) is 19.9 Å². The number of amides is 1. The zero-order chi connectivity index (χ0) is 11.1. The number of ether oxygens (including phenoxy) is 1. The summed E-state index contributed by atoms with van der Waals surface area (Å²) in [5.74, 6) is 0.657. The molecule has 0 atom stereocenters. The van der Waals surface area contributed by atoms with Gasteiger partial charge in [-0.25, -0.2) is 4.79 Å². The Labute approximate surface area is 87.9 Å². The van der Waals surface area contributed by atoms with Gasteiger partial charge < -0.3 is 9.84 Å². The van der Waals surface area contributed by atoms with E-state index in [0.717, 1.165) is 12.0 Å². The van der Waals surface area contributed by atoms with Crippen molar-refractivity contribution < 1.29 is 14.6 Å². The summed E-state index contributed by atoms with van der Waals surface area (Å²) in [6, 6.07) is 5.49. The maximum Gasteiger partial charge on any atom is 0.409 e. The van der Waals surface area contributed by atoms with Crippen LogP contribution in [0.2, 0.25) is 0 Å². The Hall–Kier alpha value is -1.71. The Bertz CT molecular complexity index is 412. The zero-order valence-electron chi connectivity index (χ0n) is 8.70. The number of carbonyl (C=O) groups is 1. The Kier molecular flexibility index (Phi) is 2.07. The van der Waals surface area contributed by atoms with Crippen molar-refractivity contribution in [2.24, 2.45) is 0 Å². The van der Waals surface area contributed by atoms with Crippen LogP contribution >= 0.6 is 0 Å². The quantitative estimate of drug-likeness (QED) is 0.743. The zero-order valence-corrected chi connectivity index (χ0v) is 8.70. The Balaban J connectivity index is 2.37. The minimum atomic E-state index is -1.07. The highest BCUT2D eigenvalue weighted by Gasteiger charge is 2.31. The van der Waals surface area contributed by atoms with Gasteiger partial charge in [0.05, 0.1) is 5.69 Å². The number of hydrogen-bond acceptors (Lipinski definition) is 2. The molecule has 0 aromatic heterocycles. The fourth-order valence-corrected chi connectivity index (χ4v) is 1.83. The average molecular weight is 207 g/mol. The molecule has 0 radical (unpaired) electrons. The second kappa shape index (κ2) is 3.15. The van der Waals surface area contributed by atoms with E-state index in [4.69, 9.17) is 9.84 Å². The van der Waals surface area contributed by atoms with E-state index >= 15 is 0 Å². The third-order valence-corrected chi connectivity index (χ3v) is 2.33. The number of hydrogen-bond donors (Lipinski definition) is 2. The SMILES string of the molecule is CC1(C)Cc2cccc(NC(=O)O)c2O1. The molecule has 80 valence electrons. The summed E-state index contributed by atoms with van der Waals surface area (Å²) < 4.78 is 5.70. The highest BCUT2D eigenvalue weighted by Crippen LogP contribution is 2.40. The predicted octanol–water partition coefficient (Wildman–Crippen LogP) is 2.49. The lowest BCUT2D eigenvalue weighted by Gasteiger charge is -2.17. The number of nitrogens with one attached hydrogen (secondary N) is 1. The van der Waals surface area contributed by atoms with Gasteiger partial charge in [-0.3, -0.25) is 5.32 Å². The molecule has 15 heavy (non-hydrogen) atoms. The van der Waals surface area contributed by atoms with Gasteiger partial charge in [0.15, 0.2) is 0 Å². The van der Waals surface area contributed by atoms with E-state index in [0.29, 0.717) is 11.4 Å². The van der Waals surface area contributed by atoms with Crippen LogP contribution in [0.5, 0.6) is 5.75 Å². The molecule has 0 saturated carbocycles. The molecule has 4 heteroatoms. The lowest BCUT2D eigenvalue weighted by atomic mass is 10.0. The van der Waals surface area contributed by atoms with Crippen LogP contribution in [0.15, 0.2) is 18.2 Å². The van der Waals surface area contributed by atoms with Gasteiger partial charge in [0, 0.05) is 12.0 Å². The molecule has 1 aliphatic rings. The first-order valence-corrected chi connectivity index (χ1v) is 4.79. The summed E-state index contributed by atoms with van der Waals surface area (Å²) in [5, 5.41) is 11.0. The van der Waals surface area contributed by atoms with Crippen molar-refractivity contribution in [1.29, 1.82) is 0 Å². The highest BCUT2D eigenvalue weighted by atomic mass is 16.5. The molecule has 0 saturated heterocycles. The molecule has 1 heterocycles. The molecule has 0 unspecified atom stereocenters. The number of rotatable bonds is 1. The van der Waals surface area contributed by atoms with Crippen molar-refractivity contribution in [2.45, 2.75) is 25.9 Å². The van der Waals surface area contributed by atoms with Crippen LogP contribution in [0.4, 0.5) is 10.5 Å². The predicted molar refractivity (Wildman–Crippen MR) is 56.5 cm³/mol. The highest BCUT2D eigenvalue weighted by molar-refractivity contribution is 5.85. The number of anilines is 1. The van der Waals surface area contributed by atoms with E-state index < -0.39 is 6.09 Å². The summed E-state index contributed by atoms with van der Waals surface area (Å²) in [5.41, 5.74) is 1.32. The van der Waals surface area contributed by atoms with Crippen LogP contribution in [0, 0.1) is 0 Å². The molecular formula is C11H13NO3. The van der Waals surface area contributed by atoms with Crippen LogP contribution in [-0.4, -0.2) is 16.8 Å². The summed E-state index contributed by atoms with van der Waals surface area (Å²) in [6.45, 7) is 3.97. The van der Waals surface area contributed by atoms with E-state index in [1.54, 1.807) is 6.07 Å². The molecule has 1 aromatic rings. The van der Waals surface area contributed by atoms with Crippen molar-refractivity contribution in [2.75, 3.05) is 5.32 Å². The van der Waals surface area contributed by atoms with Gasteiger partial charge in [-0.15, -0.1) is 0 Å². The smallest absolute Gasteiger partial charge is 0.409 e. The van der Waals surface area contributed by atoms with Crippen LogP contribution in [0.1, 0.15) is 19.4 Å². The lowest BCUT2D eigenvalue weighted by Crippen LogP contribution is -2.25. The summed E-state index contributed by atoms with van der Waals surface area (Å²) >= 11 is 0. The minimum Gasteiger partial charge on any atom is -0.485 e. The molecule has 4 nitrogen and oxygen atoms in total. The fraction of sp³-hybridized carbons (Fsp3) is 0.364. The van der Waals surface area contributed by atoms with E-state index in [-0.39, 0.29) is 5.60 Å². The summed E-state index contributed by atoms with van der Waals surface area (Å²) in [6.07, 6.45) is -0.269. The molecule has 1 aromatic carbocycles. The number of para-hydroxylation sites is 1. The maximum absolute atomic E-state index is 10.6. The monoisotopic (exact) mass is 207 g/mol. The van der Waals surface area contributed by atoms with Gasteiger partial charge in [0.1, 0.15) is 11.4 Å². The molecule has 0 aliphatic carbocycles. The topological polar surface area (TPSA) is 58.6 Å². The Morgan fingerprint density at radius 2 is 2.27 bits per heavy atom. The van der Waals surface area contributed by atoms with Gasteiger partial charge in [0.25, 0.3) is 0 Å². The molecule has 2 N–H and O–H groups in total. The Morgan fingerprint density at radius 1 is 1.53 bits per heavy atom. The van der Waals surface area contributed by atoms with E-state index in [1.807, 2.05) is 26.0 Å². The van der Waals surface area contributed by atoms with Crippen LogP contribution in [0.3, 0.4) is 0 Å². The third-order valence-electron chi connectivity index (χ3n) is 2.33. The van der Waals surface area contributed by atoms with Crippen molar-refractivity contribution in [3.8, 4) is 5.75 Å². The Morgan fingerprint density at radius 3 is 2.93 bits per heavy atom. The summed E-state index contributed by atoms with van der Waals surface area (Å²) in [7, 11) is 0. The first-order valence-electron chi connectivity index (χ1n) is 4.79. The standard InChI is InChI=1S/C11H13NO3/c1-11(2)6-7-4-3-5-8(9(7)15-11)12-10(13)14/h3-5,12H,6H2,1-2H3,(H,13,14). The van der Waals surface area contributed by atoms with Crippen LogP contribution in [-0.2, 0) is 6.42 Å². The first kappa shape index (κ1) is 9.83. The van der Waals surface area contributed by atoms with Crippen molar-refractivity contribution >= 4 is 11.8 Å². The van der Waals surface area contributed by atoms with Crippen LogP contribution in [0.25, 0.3) is 0 Å². The van der Waals surface area contributed by atoms with Gasteiger partial charge in [-0.1, -0.05) is 12.1 Å². The maximum atomic E-state index is 10.6. The number of benzene rings is 1. The van der Waals surface area contributed by atoms with Gasteiger partial charge >= 0.3 is 6.09 Å². The van der Waals surface area contributed by atoms with Crippen molar-refractivity contribution in [3.63, 3.8) is 0 Å². The molecular weight excluding hydrogens is 194 g/mol. The van der Waals surface area contributed by atoms with E-state index in [1.165, 1.54) is 0 Å². The average Bonchev–Trinajstić information content (AvgIpc) is 2.39. The lowest BCUT2D eigenvalue weighted by molar-refractivity contribution is 0.139. The van der Waals surface area contributed by atoms with Crippen molar-refractivity contribution in [3.05, 3.63) is 23.8 Å².